The third kappa shape index (κ3) is 4.85. The molecule has 1 unspecified atom stereocenters. The average molecular weight is 410 g/mol. The van der Waals surface area contributed by atoms with Crippen LogP contribution in [0.25, 0.3) is 0 Å². The van der Waals surface area contributed by atoms with E-state index in [9.17, 15) is 9.59 Å². The highest BCUT2D eigenvalue weighted by Gasteiger charge is 2.37. The van der Waals surface area contributed by atoms with Gasteiger partial charge in [-0.05, 0) is 63.1 Å². The Kier molecular flexibility index (Phi) is 6.83. The number of esters is 1. The van der Waals surface area contributed by atoms with Gasteiger partial charge in [0, 0.05) is 34.6 Å². The number of amides is 1. The molecule has 0 spiro atoms. The number of benzene rings is 1. The topological polar surface area (TPSA) is 46.6 Å². The van der Waals surface area contributed by atoms with Crippen molar-refractivity contribution in [2.45, 2.75) is 51.5 Å². The molecule has 0 bridgehead atoms. The normalized spacial score (nSPS) is 22.9. The predicted molar refractivity (Wildman–Crippen MR) is 107 cm³/mol. The fraction of sp³-hybridized carbons (Fsp3) is 0.524. The summed E-state index contributed by atoms with van der Waals surface area (Å²) in [5, 5.41) is 1.25. The van der Waals surface area contributed by atoms with Gasteiger partial charge in [0.1, 0.15) is 0 Å². The molecular formula is C21H25Cl2NO3. The molecule has 27 heavy (non-hydrogen) atoms. The van der Waals surface area contributed by atoms with Crippen molar-refractivity contribution in [3.63, 3.8) is 0 Å². The number of carbonyl (C=O) groups excluding carboxylic acids is 2. The highest BCUT2D eigenvalue weighted by Crippen LogP contribution is 2.34. The number of ether oxygens (including phenoxy) is 1. The van der Waals surface area contributed by atoms with Crippen molar-refractivity contribution in [1.82, 2.24) is 4.90 Å². The minimum atomic E-state index is -0.264. The first-order chi connectivity index (χ1) is 13.0. The molecule has 1 saturated heterocycles. The number of hydrogen-bond donors (Lipinski definition) is 0. The highest BCUT2D eigenvalue weighted by molar-refractivity contribution is 6.36. The van der Waals surface area contributed by atoms with E-state index < -0.39 is 0 Å². The molecule has 1 amide bonds. The Morgan fingerprint density at radius 3 is 2.52 bits per heavy atom. The van der Waals surface area contributed by atoms with E-state index in [1.54, 1.807) is 13.0 Å². The lowest BCUT2D eigenvalue weighted by Crippen LogP contribution is -2.39. The van der Waals surface area contributed by atoms with E-state index in [2.05, 4.69) is 0 Å². The van der Waals surface area contributed by atoms with Gasteiger partial charge in [-0.2, -0.15) is 0 Å². The summed E-state index contributed by atoms with van der Waals surface area (Å²) in [7, 11) is 0. The highest BCUT2D eigenvalue weighted by atomic mass is 35.5. The smallest absolute Gasteiger partial charge is 0.330 e. The van der Waals surface area contributed by atoms with Crippen LogP contribution < -0.4 is 0 Å². The van der Waals surface area contributed by atoms with E-state index >= 15 is 0 Å². The van der Waals surface area contributed by atoms with Crippen LogP contribution in [0, 0.1) is 5.92 Å². The second-order valence-corrected chi connectivity index (χ2v) is 8.02. The molecule has 1 aliphatic carbocycles. The molecule has 146 valence electrons. The van der Waals surface area contributed by atoms with E-state index in [1.165, 1.54) is 0 Å². The van der Waals surface area contributed by atoms with Crippen LogP contribution in [-0.2, 0) is 20.7 Å². The zero-order valence-corrected chi connectivity index (χ0v) is 17.1. The molecule has 1 heterocycles. The molecule has 1 saturated carbocycles. The molecular weight excluding hydrogens is 385 g/mol. The van der Waals surface area contributed by atoms with Gasteiger partial charge in [-0.3, -0.25) is 4.79 Å². The maximum absolute atomic E-state index is 12.9. The largest absolute Gasteiger partial charge is 0.463 e. The van der Waals surface area contributed by atoms with Crippen molar-refractivity contribution in [3.8, 4) is 0 Å². The maximum atomic E-state index is 12.9. The summed E-state index contributed by atoms with van der Waals surface area (Å²) in [6.07, 6.45) is 6.53. The molecule has 1 aromatic rings. The van der Waals surface area contributed by atoms with Gasteiger partial charge in [-0.25, -0.2) is 4.79 Å². The Balaban J connectivity index is 1.57. The molecule has 4 nitrogen and oxygen atoms in total. The molecule has 0 N–H and O–H groups in total. The minimum Gasteiger partial charge on any atom is -0.463 e. The second kappa shape index (κ2) is 9.11. The average Bonchev–Trinajstić information content (AvgIpc) is 3.00. The van der Waals surface area contributed by atoms with Crippen LogP contribution in [0.5, 0.6) is 0 Å². The van der Waals surface area contributed by atoms with E-state index in [1.807, 2.05) is 23.1 Å². The second-order valence-electron chi connectivity index (χ2n) is 7.21. The standard InChI is InChI=1S/C21H25Cl2NO3/c1-2-27-20(25)12-14-6-8-16(9-7-14)24-11-10-15(21(24)26)13-17-18(22)4-3-5-19(17)23/h3-5,12,15-16H,2,6-11,13H2,1H3. The molecule has 1 atom stereocenters. The number of rotatable bonds is 5. The Morgan fingerprint density at radius 1 is 1.22 bits per heavy atom. The molecule has 2 fully saturated rings. The fourth-order valence-corrected chi connectivity index (χ4v) is 4.62. The summed E-state index contributed by atoms with van der Waals surface area (Å²) in [6, 6.07) is 5.71. The van der Waals surface area contributed by atoms with Gasteiger partial charge in [0.25, 0.3) is 0 Å². The molecule has 0 aromatic heterocycles. The van der Waals surface area contributed by atoms with E-state index in [4.69, 9.17) is 27.9 Å². The lowest BCUT2D eigenvalue weighted by atomic mass is 9.89. The van der Waals surface area contributed by atoms with Gasteiger partial charge in [0.15, 0.2) is 0 Å². The zero-order chi connectivity index (χ0) is 19.4. The maximum Gasteiger partial charge on any atom is 0.330 e. The number of carbonyl (C=O) groups is 2. The quantitative estimate of drug-likeness (QED) is 0.517. The van der Waals surface area contributed by atoms with Crippen LogP contribution in [0.1, 0.15) is 44.6 Å². The van der Waals surface area contributed by atoms with Crippen molar-refractivity contribution < 1.29 is 14.3 Å². The minimum absolute atomic E-state index is 0.0566. The monoisotopic (exact) mass is 409 g/mol. The van der Waals surface area contributed by atoms with Gasteiger partial charge in [-0.1, -0.05) is 34.8 Å². The number of allylic oxidation sites excluding steroid dienone is 1. The Morgan fingerprint density at radius 2 is 1.89 bits per heavy atom. The van der Waals surface area contributed by atoms with Gasteiger partial charge in [-0.15, -0.1) is 0 Å². The third-order valence-electron chi connectivity index (χ3n) is 5.51. The Bertz CT molecular complexity index is 717. The van der Waals surface area contributed by atoms with Gasteiger partial charge in [0.05, 0.1) is 6.61 Å². The molecule has 0 radical (unpaired) electrons. The summed E-state index contributed by atoms with van der Waals surface area (Å²) >= 11 is 12.5. The molecule has 3 rings (SSSR count). The predicted octanol–water partition coefficient (Wildman–Crippen LogP) is 4.82. The van der Waals surface area contributed by atoms with Crippen LogP contribution in [0.4, 0.5) is 0 Å². The molecule has 1 aromatic carbocycles. The fourth-order valence-electron chi connectivity index (χ4n) is 4.07. The van der Waals surface area contributed by atoms with Crippen LogP contribution in [0.2, 0.25) is 10.0 Å². The Labute approximate surface area is 170 Å². The number of halogens is 2. The first-order valence-electron chi connectivity index (χ1n) is 9.59. The summed E-state index contributed by atoms with van der Waals surface area (Å²) in [6.45, 7) is 2.98. The van der Waals surface area contributed by atoms with Gasteiger partial charge >= 0.3 is 5.97 Å². The number of nitrogens with zero attached hydrogens (tertiary/aromatic N) is 1. The lowest BCUT2D eigenvalue weighted by Gasteiger charge is -2.32. The first-order valence-corrected chi connectivity index (χ1v) is 10.3. The summed E-state index contributed by atoms with van der Waals surface area (Å²) in [4.78, 5) is 26.5. The van der Waals surface area contributed by atoms with Crippen LogP contribution in [0.3, 0.4) is 0 Å². The summed E-state index contributed by atoms with van der Waals surface area (Å²) < 4.78 is 4.98. The van der Waals surface area contributed by atoms with E-state index in [-0.39, 0.29) is 23.8 Å². The molecule has 2 aliphatic rings. The van der Waals surface area contributed by atoms with Crippen molar-refractivity contribution in [1.29, 1.82) is 0 Å². The van der Waals surface area contributed by atoms with Crippen LogP contribution >= 0.6 is 23.2 Å². The number of likely N-dealkylation sites (tertiary alicyclic amines) is 1. The zero-order valence-electron chi connectivity index (χ0n) is 15.5. The van der Waals surface area contributed by atoms with Crippen LogP contribution in [0.15, 0.2) is 29.8 Å². The van der Waals surface area contributed by atoms with Crippen molar-refractivity contribution in [2.75, 3.05) is 13.2 Å². The van der Waals surface area contributed by atoms with Gasteiger partial charge < -0.3 is 9.64 Å². The third-order valence-corrected chi connectivity index (χ3v) is 6.22. The number of hydrogen-bond acceptors (Lipinski definition) is 3. The molecule has 6 heteroatoms. The van der Waals surface area contributed by atoms with Crippen molar-refractivity contribution in [3.05, 3.63) is 45.5 Å². The lowest BCUT2D eigenvalue weighted by molar-refractivity contribution is -0.137. The van der Waals surface area contributed by atoms with Gasteiger partial charge in [0.2, 0.25) is 5.91 Å². The van der Waals surface area contributed by atoms with E-state index in [0.29, 0.717) is 23.1 Å². The Hall–Kier alpha value is -1.52. The van der Waals surface area contributed by atoms with Crippen LogP contribution in [-0.4, -0.2) is 36.0 Å². The SMILES string of the molecule is CCOC(=O)C=C1CCC(N2CCC(Cc3c(Cl)cccc3Cl)C2=O)CC1. The summed E-state index contributed by atoms with van der Waals surface area (Å²) in [5.74, 6) is -0.118. The van der Waals surface area contributed by atoms with Crippen molar-refractivity contribution >= 4 is 35.1 Å². The molecule has 1 aliphatic heterocycles. The summed E-state index contributed by atoms with van der Waals surface area (Å²) in [5.41, 5.74) is 1.99. The van der Waals surface area contributed by atoms with E-state index in [0.717, 1.165) is 49.8 Å². The van der Waals surface area contributed by atoms with Crippen molar-refractivity contribution in [2.24, 2.45) is 5.92 Å². The first kappa shape index (κ1) is 20.2.